The fraction of sp³-hybridized carbons (Fsp3) is 0.531. The minimum atomic E-state index is -0.567. The summed E-state index contributed by atoms with van der Waals surface area (Å²) >= 11 is 5.98. The molecule has 4 rings (SSSR count). The number of aliphatic hydroxyl groups is 1. The number of hydrogen-bond acceptors (Lipinski definition) is 9. The first-order valence-electron chi connectivity index (χ1n) is 14.9. The molecule has 1 atom stereocenters. The molecule has 1 aromatic heterocycles. The summed E-state index contributed by atoms with van der Waals surface area (Å²) < 4.78 is 31.8. The Morgan fingerprint density at radius 2 is 1.93 bits per heavy atom. The Kier molecular flexibility index (Phi) is 11.4. The van der Waals surface area contributed by atoms with Gasteiger partial charge in [0.05, 0.1) is 35.9 Å². The Bertz CT molecular complexity index is 1380. The van der Waals surface area contributed by atoms with Gasteiger partial charge in [-0.2, -0.15) is 0 Å². The van der Waals surface area contributed by atoms with Gasteiger partial charge in [-0.3, -0.25) is 9.69 Å². The molecule has 2 aromatic carbocycles. The van der Waals surface area contributed by atoms with Crippen LogP contribution in [0.1, 0.15) is 66.2 Å². The number of anilines is 2. The highest BCUT2D eigenvalue weighted by atomic mass is 35.5. The van der Waals surface area contributed by atoms with Crippen LogP contribution in [0.25, 0.3) is 10.9 Å². The number of unbranched alkanes of at least 4 members (excludes halogenated alkanes) is 1. The molecule has 9 nitrogen and oxygen atoms in total. The molecule has 43 heavy (non-hydrogen) atoms. The van der Waals surface area contributed by atoms with Gasteiger partial charge in [0.1, 0.15) is 23.6 Å². The molecule has 1 fully saturated rings. The number of hydrogen-bond donors (Lipinski definition) is 2. The molecule has 1 saturated carbocycles. The summed E-state index contributed by atoms with van der Waals surface area (Å²) in [5.74, 6) is 0.936. The molecule has 3 aromatic rings. The fourth-order valence-electron chi connectivity index (χ4n) is 5.05. The van der Waals surface area contributed by atoms with Gasteiger partial charge in [-0.05, 0) is 97.0 Å². The highest BCUT2D eigenvalue weighted by Crippen LogP contribution is 2.37. The summed E-state index contributed by atoms with van der Waals surface area (Å²) in [4.78, 5) is 23.1. The predicted octanol–water partition coefficient (Wildman–Crippen LogP) is 6.67. The number of nitrogens with zero attached hydrogens (tertiary/aromatic N) is 3. The van der Waals surface area contributed by atoms with Crippen LogP contribution in [0, 0.1) is 5.82 Å². The van der Waals surface area contributed by atoms with Gasteiger partial charge in [-0.25, -0.2) is 14.4 Å². The Morgan fingerprint density at radius 1 is 1.16 bits per heavy atom. The van der Waals surface area contributed by atoms with Gasteiger partial charge in [0, 0.05) is 23.7 Å². The van der Waals surface area contributed by atoms with Crippen molar-refractivity contribution in [1.82, 2.24) is 14.9 Å². The second kappa shape index (κ2) is 15.0. The molecule has 0 aliphatic heterocycles. The van der Waals surface area contributed by atoms with E-state index >= 15 is 0 Å². The van der Waals surface area contributed by atoms with Crippen molar-refractivity contribution in [3.8, 4) is 11.5 Å². The van der Waals surface area contributed by atoms with E-state index in [0.717, 1.165) is 43.9 Å². The lowest BCUT2D eigenvalue weighted by Crippen LogP contribution is -2.39. The highest BCUT2D eigenvalue weighted by molar-refractivity contribution is 6.31. The lowest BCUT2D eigenvalue weighted by atomic mass is 10.2. The molecule has 0 saturated heterocycles. The second-order valence-electron chi connectivity index (χ2n) is 12.0. The zero-order chi connectivity index (χ0) is 31.0. The van der Waals surface area contributed by atoms with E-state index in [4.69, 9.17) is 25.8 Å². The maximum Gasteiger partial charge on any atom is 0.320 e. The molecule has 1 heterocycles. The van der Waals surface area contributed by atoms with E-state index in [9.17, 15) is 14.3 Å². The molecule has 1 aliphatic rings. The smallest absolute Gasteiger partial charge is 0.320 e. The summed E-state index contributed by atoms with van der Waals surface area (Å²) in [5, 5.41) is 13.9. The monoisotopic (exact) mass is 616 g/mol. The van der Waals surface area contributed by atoms with E-state index in [2.05, 4.69) is 15.3 Å². The lowest BCUT2D eigenvalue weighted by Gasteiger charge is -2.26. The van der Waals surface area contributed by atoms with Crippen LogP contribution in [0.2, 0.25) is 5.02 Å². The average molecular weight is 617 g/mol. The van der Waals surface area contributed by atoms with E-state index in [1.165, 1.54) is 18.5 Å². The molecule has 2 N–H and O–H groups in total. The fourth-order valence-corrected chi connectivity index (χ4v) is 5.23. The van der Waals surface area contributed by atoms with Gasteiger partial charge >= 0.3 is 5.97 Å². The van der Waals surface area contributed by atoms with Crippen LogP contribution in [-0.2, 0) is 9.53 Å². The summed E-state index contributed by atoms with van der Waals surface area (Å²) in [5.41, 5.74) is 0.710. The summed E-state index contributed by atoms with van der Waals surface area (Å²) in [7, 11) is 0. The van der Waals surface area contributed by atoms with Crippen LogP contribution in [0.3, 0.4) is 0 Å². The number of fused-ring (bicyclic) bond motifs is 1. The molecule has 0 spiro atoms. The number of aromatic nitrogens is 2. The van der Waals surface area contributed by atoms with Gasteiger partial charge in [0.2, 0.25) is 0 Å². The number of carbonyl (C=O) groups is 1. The molecule has 0 unspecified atom stereocenters. The topological polar surface area (TPSA) is 106 Å². The minimum absolute atomic E-state index is 0.0118. The third-order valence-electron chi connectivity index (χ3n) is 6.90. The average Bonchev–Trinajstić information content (AvgIpc) is 3.42. The summed E-state index contributed by atoms with van der Waals surface area (Å²) in [6.07, 6.45) is 6.76. The van der Waals surface area contributed by atoms with Gasteiger partial charge in [-0.15, -0.1) is 0 Å². The van der Waals surface area contributed by atoms with Crippen molar-refractivity contribution in [3.63, 3.8) is 0 Å². The van der Waals surface area contributed by atoms with Crippen molar-refractivity contribution in [2.75, 3.05) is 31.6 Å². The predicted molar refractivity (Wildman–Crippen MR) is 166 cm³/mol. The third-order valence-corrected chi connectivity index (χ3v) is 7.19. The Balaban J connectivity index is 1.45. The molecular formula is C32H42ClFN4O5. The van der Waals surface area contributed by atoms with Crippen molar-refractivity contribution in [2.24, 2.45) is 0 Å². The van der Waals surface area contributed by atoms with E-state index < -0.39 is 17.5 Å². The molecule has 234 valence electrons. The van der Waals surface area contributed by atoms with Crippen LogP contribution in [-0.4, -0.2) is 70.0 Å². The number of halogens is 2. The first-order chi connectivity index (χ1) is 20.5. The minimum Gasteiger partial charge on any atom is -0.490 e. The zero-order valence-electron chi connectivity index (χ0n) is 25.4. The summed E-state index contributed by atoms with van der Waals surface area (Å²) in [6.45, 7) is 8.73. The normalized spacial score (nSPS) is 14.7. The first kappa shape index (κ1) is 32.7. The number of esters is 1. The largest absolute Gasteiger partial charge is 0.490 e. The van der Waals surface area contributed by atoms with Gasteiger partial charge < -0.3 is 24.6 Å². The van der Waals surface area contributed by atoms with Gasteiger partial charge in [-0.1, -0.05) is 11.6 Å². The molecule has 0 amide bonds. The molecule has 0 radical (unpaired) electrons. The quantitative estimate of drug-likeness (QED) is 0.152. The van der Waals surface area contributed by atoms with Gasteiger partial charge in [0.15, 0.2) is 11.5 Å². The Morgan fingerprint density at radius 3 is 2.63 bits per heavy atom. The van der Waals surface area contributed by atoms with E-state index in [1.54, 1.807) is 13.0 Å². The Labute approximate surface area is 257 Å². The third kappa shape index (κ3) is 10.2. The SMILES string of the molecule is C[C@H](O)CN(CCCCOc1cc2c(Nc3ccc(F)c(Cl)c3)ncnc2cc1OC1CCCC1)CC(=O)OC(C)(C)C. The standard InChI is InChI=1S/C32H42ClFN4O5/c1-21(39)18-38(19-30(40)43-32(2,3)4)13-7-8-14-41-28-16-24-27(17-29(28)42-23-9-5-6-10-23)35-20-36-31(24)37-22-11-12-26(34)25(33)15-22/h11-12,15-17,20-21,23,39H,5-10,13-14,18-19H2,1-4H3,(H,35,36,37)/t21-/m0/s1. The van der Waals surface area contributed by atoms with Crippen molar-refractivity contribution in [1.29, 1.82) is 0 Å². The van der Waals surface area contributed by atoms with Crippen LogP contribution < -0.4 is 14.8 Å². The first-order valence-corrected chi connectivity index (χ1v) is 15.3. The molecular weight excluding hydrogens is 575 g/mol. The van der Waals surface area contributed by atoms with Crippen LogP contribution in [0.15, 0.2) is 36.7 Å². The van der Waals surface area contributed by atoms with E-state index in [-0.39, 0.29) is 23.6 Å². The van der Waals surface area contributed by atoms with E-state index in [1.807, 2.05) is 37.8 Å². The van der Waals surface area contributed by atoms with Crippen LogP contribution >= 0.6 is 11.6 Å². The molecule has 11 heteroatoms. The molecule has 1 aliphatic carbocycles. The van der Waals surface area contributed by atoms with Crippen LogP contribution in [0.4, 0.5) is 15.9 Å². The van der Waals surface area contributed by atoms with Crippen LogP contribution in [0.5, 0.6) is 11.5 Å². The van der Waals surface area contributed by atoms with Crippen molar-refractivity contribution in [3.05, 3.63) is 47.5 Å². The number of ether oxygens (including phenoxy) is 3. The highest BCUT2D eigenvalue weighted by Gasteiger charge is 2.22. The maximum atomic E-state index is 13.7. The Hall–Kier alpha value is -3.21. The summed E-state index contributed by atoms with van der Waals surface area (Å²) in [6, 6.07) is 8.14. The number of aliphatic hydroxyl groups excluding tert-OH is 1. The van der Waals surface area contributed by atoms with Crippen molar-refractivity contribution >= 4 is 40.0 Å². The number of carbonyl (C=O) groups excluding carboxylic acids is 1. The van der Waals surface area contributed by atoms with Crippen molar-refractivity contribution in [2.45, 2.75) is 84.0 Å². The van der Waals surface area contributed by atoms with Gasteiger partial charge in [0.25, 0.3) is 0 Å². The number of rotatable bonds is 14. The molecule has 0 bridgehead atoms. The van der Waals surface area contributed by atoms with E-state index in [0.29, 0.717) is 48.2 Å². The lowest BCUT2D eigenvalue weighted by molar-refractivity contribution is -0.156. The number of benzene rings is 2. The second-order valence-corrected chi connectivity index (χ2v) is 12.4. The number of nitrogens with one attached hydrogen (secondary N) is 1. The maximum absolute atomic E-state index is 13.7. The van der Waals surface area contributed by atoms with Crippen molar-refractivity contribution < 1.29 is 28.5 Å². The zero-order valence-corrected chi connectivity index (χ0v) is 26.1.